The molecule has 0 aromatic carbocycles. The highest BCUT2D eigenvalue weighted by molar-refractivity contribution is 6.20. The van der Waals surface area contributed by atoms with E-state index in [1.54, 1.807) is 0 Å². The summed E-state index contributed by atoms with van der Waals surface area (Å²) in [6.45, 7) is 10.5. The number of carbonyl (C=O) groups is 1. The van der Waals surface area contributed by atoms with E-state index in [0.717, 1.165) is 31.0 Å². The molecule has 1 N–H and O–H groups in total. The van der Waals surface area contributed by atoms with Crippen LogP contribution in [0, 0.1) is 0 Å². The van der Waals surface area contributed by atoms with Gasteiger partial charge in [-0.05, 0) is 39.3 Å². The molecule has 0 atom stereocenters. The molecule has 0 spiro atoms. The Kier molecular flexibility index (Phi) is 4.43. The number of amidine groups is 1. The van der Waals surface area contributed by atoms with Gasteiger partial charge in [0.1, 0.15) is 18.7 Å². The van der Waals surface area contributed by atoms with Gasteiger partial charge in [0.15, 0.2) is 6.67 Å². The molecular weight excluding hydrogens is 266 g/mol. The van der Waals surface area contributed by atoms with Gasteiger partial charge in [0.25, 0.3) is 0 Å². The number of carboxylic acids is 1. The Balaban J connectivity index is 0.00000180. The first-order valence-corrected chi connectivity index (χ1v) is 6.31. The molecular formula is C13H20ClN3O2. The SMILES string of the molecule is CC[N+]1(CC)CN2C(C)=CC(C)=C(C(=O)O)C2=N1.[Cl-]. The summed E-state index contributed by atoms with van der Waals surface area (Å²) in [6, 6.07) is 0. The summed E-state index contributed by atoms with van der Waals surface area (Å²) in [7, 11) is 0. The van der Waals surface area contributed by atoms with Crippen molar-refractivity contribution < 1.29 is 26.9 Å². The van der Waals surface area contributed by atoms with Gasteiger partial charge in [-0.3, -0.25) is 4.90 Å². The zero-order chi connectivity index (χ0) is 13.5. The van der Waals surface area contributed by atoms with Crippen LogP contribution in [0.5, 0.6) is 0 Å². The van der Waals surface area contributed by atoms with Crippen LogP contribution in [0.3, 0.4) is 0 Å². The van der Waals surface area contributed by atoms with Crippen molar-refractivity contribution in [3.8, 4) is 0 Å². The van der Waals surface area contributed by atoms with Crippen LogP contribution in [-0.2, 0) is 4.79 Å². The maximum Gasteiger partial charge on any atom is 0.339 e. The lowest BCUT2D eigenvalue weighted by molar-refractivity contribution is -0.931. The number of halogens is 1. The second-order valence-electron chi connectivity index (χ2n) is 4.87. The van der Waals surface area contributed by atoms with Gasteiger partial charge in [-0.15, -0.1) is 0 Å². The van der Waals surface area contributed by atoms with Gasteiger partial charge in [0, 0.05) is 5.70 Å². The van der Waals surface area contributed by atoms with Crippen LogP contribution in [-0.4, -0.2) is 46.2 Å². The molecule has 0 aromatic rings. The van der Waals surface area contributed by atoms with Gasteiger partial charge in [0.2, 0.25) is 5.84 Å². The Morgan fingerprint density at radius 1 is 1.42 bits per heavy atom. The minimum Gasteiger partial charge on any atom is -1.00 e. The molecule has 0 aromatic heterocycles. The number of fused-ring (bicyclic) bond motifs is 1. The maximum atomic E-state index is 11.4. The van der Waals surface area contributed by atoms with Crippen LogP contribution in [0.1, 0.15) is 27.7 Å². The van der Waals surface area contributed by atoms with E-state index in [1.165, 1.54) is 0 Å². The van der Waals surface area contributed by atoms with E-state index >= 15 is 0 Å². The monoisotopic (exact) mass is 285 g/mol. The molecule has 19 heavy (non-hydrogen) atoms. The lowest BCUT2D eigenvalue weighted by atomic mass is 10.0. The number of hydrogen-bond donors (Lipinski definition) is 1. The molecule has 106 valence electrons. The van der Waals surface area contributed by atoms with Crippen molar-refractivity contribution in [2.75, 3.05) is 19.8 Å². The van der Waals surface area contributed by atoms with E-state index in [1.807, 2.05) is 24.8 Å². The van der Waals surface area contributed by atoms with Crippen molar-refractivity contribution >= 4 is 11.8 Å². The van der Waals surface area contributed by atoms with Gasteiger partial charge in [0.05, 0.1) is 0 Å². The number of rotatable bonds is 3. The maximum absolute atomic E-state index is 11.4. The number of quaternary nitrogens is 1. The topological polar surface area (TPSA) is 52.9 Å². The first kappa shape index (κ1) is 15.7. The van der Waals surface area contributed by atoms with Crippen LogP contribution in [0.15, 0.2) is 28.0 Å². The Morgan fingerprint density at radius 2 is 2.00 bits per heavy atom. The first-order chi connectivity index (χ1) is 8.44. The summed E-state index contributed by atoms with van der Waals surface area (Å²) in [5.41, 5.74) is 2.18. The normalized spacial score (nSPS) is 20.5. The Hall–Kier alpha value is -1.33. The van der Waals surface area contributed by atoms with Gasteiger partial charge < -0.3 is 17.5 Å². The third-order valence-electron chi connectivity index (χ3n) is 3.83. The zero-order valence-electron chi connectivity index (χ0n) is 11.8. The number of carboxylic acid groups (broad SMARTS) is 1. The average Bonchev–Trinajstić information content (AvgIpc) is 2.69. The standard InChI is InChI=1S/C13H19N3O2.ClH/c1-5-16(6-2)8-15-10(4)7-9(3)11(13(17)18)12(15)14-16;/h7H,5-6,8H2,1-4H3;1H. The van der Waals surface area contributed by atoms with Crippen LogP contribution < -0.4 is 12.4 Å². The van der Waals surface area contributed by atoms with Gasteiger partial charge >= 0.3 is 5.97 Å². The van der Waals surface area contributed by atoms with Crippen molar-refractivity contribution in [1.29, 1.82) is 0 Å². The van der Waals surface area contributed by atoms with Crippen LogP contribution in [0.2, 0.25) is 0 Å². The molecule has 0 saturated heterocycles. The van der Waals surface area contributed by atoms with Crippen LogP contribution in [0.25, 0.3) is 0 Å². The molecule has 0 radical (unpaired) electrons. The molecule has 2 aliphatic rings. The number of aliphatic carboxylic acids is 1. The Labute approximate surface area is 119 Å². The second-order valence-corrected chi connectivity index (χ2v) is 4.87. The molecule has 5 nitrogen and oxygen atoms in total. The third-order valence-corrected chi connectivity index (χ3v) is 3.83. The number of nitrogens with zero attached hydrogens (tertiary/aromatic N) is 3. The summed E-state index contributed by atoms with van der Waals surface area (Å²) in [5.74, 6) is -0.282. The Bertz CT molecular complexity index is 490. The lowest BCUT2D eigenvalue weighted by Crippen LogP contribution is -3.00. The molecule has 0 amide bonds. The summed E-state index contributed by atoms with van der Waals surface area (Å²) < 4.78 is 0.574. The summed E-state index contributed by atoms with van der Waals surface area (Å²) in [5, 5.41) is 14.0. The van der Waals surface area contributed by atoms with E-state index in [9.17, 15) is 9.90 Å². The molecule has 0 aliphatic carbocycles. The fourth-order valence-corrected chi connectivity index (χ4v) is 2.55. The number of hydrogen-bond acceptors (Lipinski definition) is 3. The lowest BCUT2D eigenvalue weighted by Gasteiger charge is -2.28. The quantitative estimate of drug-likeness (QED) is 0.660. The highest BCUT2D eigenvalue weighted by Crippen LogP contribution is 2.30. The average molecular weight is 286 g/mol. The number of allylic oxidation sites excluding steroid dienone is 3. The molecule has 0 fully saturated rings. The minimum absolute atomic E-state index is 0. The predicted octanol–water partition coefficient (Wildman–Crippen LogP) is -1.25. The molecule has 0 saturated carbocycles. The van der Waals surface area contributed by atoms with E-state index in [2.05, 4.69) is 18.9 Å². The molecule has 0 bridgehead atoms. The van der Waals surface area contributed by atoms with Gasteiger partial charge in [-0.1, -0.05) is 5.10 Å². The van der Waals surface area contributed by atoms with Crippen molar-refractivity contribution in [3.05, 3.63) is 22.9 Å². The zero-order valence-corrected chi connectivity index (χ0v) is 12.5. The second kappa shape index (κ2) is 5.35. The predicted molar refractivity (Wildman–Crippen MR) is 69.6 cm³/mol. The highest BCUT2D eigenvalue weighted by Gasteiger charge is 2.42. The summed E-state index contributed by atoms with van der Waals surface area (Å²) in [4.78, 5) is 13.4. The Morgan fingerprint density at radius 3 is 2.47 bits per heavy atom. The van der Waals surface area contributed by atoms with Crippen molar-refractivity contribution in [1.82, 2.24) is 4.90 Å². The molecule has 2 rings (SSSR count). The molecule has 2 aliphatic heterocycles. The van der Waals surface area contributed by atoms with E-state index in [-0.39, 0.29) is 12.4 Å². The first-order valence-electron chi connectivity index (χ1n) is 6.31. The minimum atomic E-state index is -0.896. The largest absolute Gasteiger partial charge is 1.00 e. The van der Waals surface area contributed by atoms with Crippen LogP contribution >= 0.6 is 0 Å². The van der Waals surface area contributed by atoms with Gasteiger partial charge in [-0.25, -0.2) is 4.79 Å². The van der Waals surface area contributed by atoms with Crippen molar-refractivity contribution in [2.24, 2.45) is 5.10 Å². The van der Waals surface area contributed by atoms with E-state index < -0.39 is 5.97 Å². The summed E-state index contributed by atoms with van der Waals surface area (Å²) in [6.07, 6.45) is 1.92. The highest BCUT2D eigenvalue weighted by atomic mass is 35.5. The molecule has 0 unspecified atom stereocenters. The van der Waals surface area contributed by atoms with Crippen LogP contribution in [0.4, 0.5) is 0 Å². The molecule has 2 heterocycles. The van der Waals surface area contributed by atoms with Gasteiger partial charge in [-0.2, -0.15) is 4.59 Å². The fraction of sp³-hybridized carbons (Fsp3) is 0.538. The molecule has 6 heteroatoms. The van der Waals surface area contributed by atoms with Crippen molar-refractivity contribution in [3.63, 3.8) is 0 Å². The third kappa shape index (κ3) is 2.40. The fourth-order valence-electron chi connectivity index (χ4n) is 2.55. The van der Waals surface area contributed by atoms with E-state index in [4.69, 9.17) is 0 Å². The smallest absolute Gasteiger partial charge is 0.339 e. The van der Waals surface area contributed by atoms with Crippen molar-refractivity contribution in [2.45, 2.75) is 27.7 Å². The van der Waals surface area contributed by atoms with E-state index in [0.29, 0.717) is 16.0 Å². The summed E-state index contributed by atoms with van der Waals surface area (Å²) >= 11 is 0.